The van der Waals surface area contributed by atoms with Crippen molar-refractivity contribution in [1.82, 2.24) is 10.6 Å². The number of hydrogen-bond donors (Lipinski definition) is 2. The molecule has 7 heteroatoms. The molecule has 0 aliphatic carbocycles. The van der Waals surface area contributed by atoms with Gasteiger partial charge in [-0.3, -0.25) is 4.79 Å². The molecule has 1 amide bonds. The molecule has 0 heterocycles. The summed E-state index contributed by atoms with van der Waals surface area (Å²) in [5.41, 5.74) is 0. The number of carbonyl (C=O) groups excluding carboxylic acids is 1. The topological polar surface area (TPSA) is 41.1 Å². The number of rotatable bonds is 7. The molecule has 0 aromatic rings. The number of hydrogen-bond acceptors (Lipinski definition) is 2. The van der Waals surface area contributed by atoms with Gasteiger partial charge in [-0.05, 0) is 13.3 Å². The number of nitrogens with one attached hydrogen (secondary N) is 2. The largest absolute Gasteiger partial charge is 0.355 e. The predicted molar refractivity (Wildman–Crippen MR) is 51.7 cm³/mol. The Morgan fingerprint density at radius 1 is 1.38 bits per heavy atom. The van der Waals surface area contributed by atoms with Gasteiger partial charge in [0.15, 0.2) is 0 Å². The highest BCUT2D eigenvalue weighted by atomic mass is 19.3. The van der Waals surface area contributed by atoms with Gasteiger partial charge in [0.1, 0.15) is 0 Å². The third kappa shape index (κ3) is 5.29. The standard InChI is InChI=1S/C9H16F4N2O/c1-3-4-14-7(16)6(2)15-5-9(12,13)8(10)11/h6,8,15H,3-5H2,1-2H3,(H,14,16). The van der Waals surface area contributed by atoms with Crippen LogP contribution in [-0.2, 0) is 4.79 Å². The number of amides is 1. The molecule has 1 unspecified atom stereocenters. The van der Waals surface area contributed by atoms with E-state index >= 15 is 0 Å². The van der Waals surface area contributed by atoms with E-state index in [2.05, 4.69) is 10.6 Å². The SMILES string of the molecule is CCCNC(=O)C(C)NCC(F)(F)C(F)F. The molecule has 3 nitrogen and oxygen atoms in total. The lowest BCUT2D eigenvalue weighted by atomic mass is 10.2. The van der Waals surface area contributed by atoms with Gasteiger partial charge in [-0.1, -0.05) is 6.92 Å². The summed E-state index contributed by atoms with van der Waals surface area (Å²) >= 11 is 0. The summed E-state index contributed by atoms with van der Waals surface area (Å²) in [5.74, 6) is -4.59. The number of carbonyl (C=O) groups is 1. The van der Waals surface area contributed by atoms with Crippen molar-refractivity contribution < 1.29 is 22.4 Å². The van der Waals surface area contributed by atoms with E-state index in [1.54, 1.807) is 0 Å². The normalized spacial score (nSPS) is 13.9. The molecular weight excluding hydrogens is 228 g/mol. The summed E-state index contributed by atoms with van der Waals surface area (Å²) in [4.78, 5) is 11.2. The van der Waals surface area contributed by atoms with Crippen LogP contribution < -0.4 is 10.6 Å². The van der Waals surface area contributed by atoms with Crippen molar-refractivity contribution in [2.24, 2.45) is 0 Å². The van der Waals surface area contributed by atoms with E-state index in [9.17, 15) is 22.4 Å². The highest BCUT2D eigenvalue weighted by Crippen LogP contribution is 2.21. The molecule has 16 heavy (non-hydrogen) atoms. The van der Waals surface area contributed by atoms with Gasteiger partial charge < -0.3 is 10.6 Å². The zero-order chi connectivity index (χ0) is 12.8. The second kappa shape index (κ2) is 6.67. The second-order valence-corrected chi connectivity index (χ2v) is 3.46. The average Bonchev–Trinajstić information content (AvgIpc) is 2.22. The van der Waals surface area contributed by atoms with Gasteiger partial charge in [0.25, 0.3) is 0 Å². The van der Waals surface area contributed by atoms with E-state index < -0.39 is 30.8 Å². The lowest BCUT2D eigenvalue weighted by Gasteiger charge is -2.19. The minimum absolute atomic E-state index is 0.427. The Kier molecular flexibility index (Phi) is 6.32. The van der Waals surface area contributed by atoms with Crippen LogP contribution in [0.5, 0.6) is 0 Å². The van der Waals surface area contributed by atoms with Crippen LogP contribution in [0, 0.1) is 0 Å². The van der Waals surface area contributed by atoms with E-state index in [-0.39, 0.29) is 0 Å². The van der Waals surface area contributed by atoms with Gasteiger partial charge in [-0.15, -0.1) is 0 Å². The van der Waals surface area contributed by atoms with Crippen molar-refractivity contribution in [3.8, 4) is 0 Å². The maximum Gasteiger partial charge on any atom is 0.319 e. The average molecular weight is 244 g/mol. The molecule has 0 saturated carbocycles. The Labute approximate surface area is 91.6 Å². The molecule has 0 rings (SSSR count). The van der Waals surface area contributed by atoms with Gasteiger partial charge in [-0.2, -0.15) is 8.78 Å². The van der Waals surface area contributed by atoms with Crippen molar-refractivity contribution in [2.45, 2.75) is 38.7 Å². The lowest BCUT2D eigenvalue weighted by Crippen LogP contribution is -2.48. The first kappa shape index (κ1) is 15.2. The predicted octanol–water partition coefficient (Wildman–Crippen LogP) is 1.39. The minimum atomic E-state index is -4.11. The maximum atomic E-state index is 12.5. The summed E-state index contributed by atoms with van der Waals surface area (Å²) in [7, 11) is 0. The minimum Gasteiger partial charge on any atom is -0.355 e. The molecule has 96 valence electrons. The summed E-state index contributed by atoms with van der Waals surface area (Å²) < 4.78 is 48.5. The molecule has 0 radical (unpaired) electrons. The molecule has 0 spiro atoms. The highest BCUT2D eigenvalue weighted by molar-refractivity contribution is 5.81. The fraction of sp³-hybridized carbons (Fsp3) is 0.889. The van der Waals surface area contributed by atoms with Gasteiger partial charge in [-0.25, -0.2) is 8.78 Å². The Morgan fingerprint density at radius 3 is 2.38 bits per heavy atom. The van der Waals surface area contributed by atoms with Crippen LogP contribution in [0.25, 0.3) is 0 Å². The Morgan fingerprint density at radius 2 is 1.94 bits per heavy atom. The summed E-state index contributed by atoms with van der Waals surface area (Å²) in [6.45, 7) is 2.39. The molecule has 0 saturated heterocycles. The smallest absolute Gasteiger partial charge is 0.319 e. The van der Waals surface area contributed by atoms with E-state index in [1.807, 2.05) is 6.92 Å². The molecule has 0 aliphatic rings. The molecule has 0 fully saturated rings. The van der Waals surface area contributed by atoms with Crippen LogP contribution in [0.15, 0.2) is 0 Å². The highest BCUT2D eigenvalue weighted by Gasteiger charge is 2.40. The Bertz CT molecular complexity index is 224. The van der Waals surface area contributed by atoms with Crippen LogP contribution in [0.3, 0.4) is 0 Å². The second-order valence-electron chi connectivity index (χ2n) is 3.46. The van der Waals surface area contributed by atoms with Crippen LogP contribution in [0.2, 0.25) is 0 Å². The van der Waals surface area contributed by atoms with Gasteiger partial charge in [0.2, 0.25) is 5.91 Å². The van der Waals surface area contributed by atoms with Crippen molar-refractivity contribution in [1.29, 1.82) is 0 Å². The zero-order valence-corrected chi connectivity index (χ0v) is 9.20. The lowest BCUT2D eigenvalue weighted by molar-refractivity contribution is -0.131. The first-order valence-electron chi connectivity index (χ1n) is 4.98. The quantitative estimate of drug-likeness (QED) is 0.664. The third-order valence-electron chi connectivity index (χ3n) is 1.91. The first-order valence-corrected chi connectivity index (χ1v) is 4.98. The van der Waals surface area contributed by atoms with Gasteiger partial charge >= 0.3 is 12.3 Å². The van der Waals surface area contributed by atoms with Crippen molar-refractivity contribution >= 4 is 5.91 Å². The van der Waals surface area contributed by atoms with Crippen LogP contribution in [0.1, 0.15) is 20.3 Å². The van der Waals surface area contributed by atoms with Crippen molar-refractivity contribution in [2.75, 3.05) is 13.1 Å². The maximum absolute atomic E-state index is 12.5. The van der Waals surface area contributed by atoms with Crippen LogP contribution in [-0.4, -0.2) is 37.4 Å². The molecule has 2 N–H and O–H groups in total. The van der Waals surface area contributed by atoms with Gasteiger partial charge in [0, 0.05) is 6.54 Å². The zero-order valence-electron chi connectivity index (χ0n) is 9.20. The van der Waals surface area contributed by atoms with E-state index in [1.165, 1.54) is 6.92 Å². The third-order valence-corrected chi connectivity index (χ3v) is 1.91. The number of alkyl halides is 4. The fourth-order valence-corrected chi connectivity index (χ4v) is 0.860. The van der Waals surface area contributed by atoms with Crippen molar-refractivity contribution in [3.05, 3.63) is 0 Å². The molecule has 0 aromatic heterocycles. The van der Waals surface area contributed by atoms with Gasteiger partial charge in [0.05, 0.1) is 12.6 Å². The van der Waals surface area contributed by atoms with Crippen LogP contribution in [0.4, 0.5) is 17.6 Å². The molecular formula is C9H16F4N2O. The summed E-state index contributed by atoms with van der Waals surface area (Å²) in [5, 5.41) is 4.53. The Hall–Kier alpha value is -0.850. The van der Waals surface area contributed by atoms with Crippen LogP contribution >= 0.6 is 0 Å². The van der Waals surface area contributed by atoms with Crippen molar-refractivity contribution in [3.63, 3.8) is 0 Å². The van der Waals surface area contributed by atoms with E-state index in [4.69, 9.17) is 0 Å². The van der Waals surface area contributed by atoms with E-state index in [0.717, 1.165) is 0 Å². The monoisotopic (exact) mass is 244 g/mol. The fourth-order valence-electron chi connectivity index (χ4n) is 0.860. The summed E-state index contributed by atoms with van der Waals surface area (Å²) in [6, 6.07) is -0.920. The molecule has 0 aromatic carbocycles. The molecule has 0 bridgehead atoms. The molecule has 1 atom stereocenters. The summed E-state index contributed by atoms with van der Waals surface area (Å²) in [6.07, 6.45) is -3.02. The number of halogens is 4. The first-order chi connectivity index (χ1) is 7.31. The van der Waals surface area contributed by atoms with E-state index in [0.29, 0.717) is 13.0 Å². The Balaban J connectivity index is 3.97. The molecule has 0 aliphatic heterocycles.